The highest BCUT2D eigenvalue weighted by atomic mass is 32.1. The predicted octanol–water partition coefficient (Wildman–Crippen LogP) is 7.32. The largest absolute Gasteiger partial charge is 0.261 e. The monoisotopic (exact) mass is 331 g/mol. The summed E-state index contributed by atoms with van der Waals surface area (Å²) in [5.41, 5.74) is 2.50. The molecule has 0 fully saturated rings. The average Bonchev–Trinajstić information content (AvgIpc) is 2.98. The molecule has 2 aromatic rings. The van der Waals surface area contributed by atoms with Crippen LogP contribution in [-0.2, 0) is 0 Å². The fourth-order valence-electron chi connectivity index (χ4n) is 2.09. The van der Waals surface area contributed by atoms with Crippen molar-refractivity contribution in [3.63, 3.8) is 0 Å². The molecule has 0 atom stereocenters. The Hall–Kier alpha value is -1.15. The highest BCUT2D eigenvalue weighted by Crippen LogP contribution is 2.28. The first-order valence-corrected chi connectivity index (χ1v) is 9.59. The summed E-state index contributed by atoms with van der Waals surface area (Å²) in [5.74, 6) is 2.49. The van der Waals surface area contributed by atoms with Gasteiger partial charge in [0.25, 0.3) is 0 Å². The highest BCUT2D eigenvalue weighted by Gasteiger charge is 2.05. The van der Waals surface area contributed by atoms with Gasteiger partial charge in [-0.1, -0.05) is 61.5 Å². The molecule has 0 unspecified atom stereocenters. The Kier molecular flexibility index (Phi) is 7.98. The van der Waals surface area contributed by atoms with Crippen molar-refractivity contribution in [1.82, 2.24) is 4.98 Å². The van der Waals surface area contributed by atoms with Crippen LogP contribution < -0.4 is 0 Å². The lowest BCUT2D eigenvalue weighted by Crippen LogP contribution is -1.94. The van der Waals surface area contributed by atoms with Gasteiger partial charge in [-0.3, -0.25) is 4.98 Å². The molecular weight excluding hydrogens is 298 g/mol. The van der Waals surface area contributed by atoms with E-state index in [-0.39, 0.29) is 0 Å². The van der Waals surface area contributed by atoms with E-state index in [1.54, 1.807) is 0 Å². The fraction of sp³-hybridized carbons (Fsp3) is 0.571. The van der Waals surface area contributed by atoms with Gasteiger partial charge in [0.2, 0.25) is 0 Å². The Labute approximate surface area is 147 Å². The Morgan fingerprint density at radius 3 is 1.43 bits per heavy atom. The molecule has 2 aromatic heterocycles. The van der Waals surface area contributed by atoms with Gasteiger partial charge in [0.05, 0.1) is 0 Å². The Morgan fingerprint density at radius 1 is 0.652 bits per heavy atom. The number of hydrogen-bond donors (Lipinski definition) is 0. The predicted molar refractivity (Wildman–Crippen MR) is 105 cm³/mol. The van der Waals surface area contributed by atoms with E-state index in [0.717, 1.165) is 0 Å². The molecule has 128 valence electrons. The molecule has 0 amide bonds. The number of pyridine rings is 1. The molecule has 0 saturated heterocycles. The summed E-state index contributed by atoms with van der Waals surface area (Å²) in [6.45, 7) is 17.7. The van der Waals surface area contributed by atoms with Crippen molar-refractivity contribution in [2.24, 2.45) is 0 Å². The van der Waals surface area contributed by atoms with E-state index in [4.69, 9.17) is 0 Å². The minimum Gasteiger partial charge on any atom is -0.261 e. The van der Waals surface area contributed by atoms with Crippen molar-refractivity contribution in [2.45, 2.75) is 79.1 Å². The van der Waals surface area contributed by atoms with Crippen LogP contribution in [0.1, 0.15) is 100 Å². The molecule has 0 aliphatic carbocycles. The van der Waals surface area contributed by atoms with Crippen LogP contribution in [0.25, 0.3) is 0 Å². The molecule has 0 saturated carbocycles. The maximum absolute atomic E-state index is 4.40. The van der Waals surface area contributed by atoms with Crippen LogP contribution in [0.2, 0.25) is 0 Å². The van der Waals surface area contributed by atoms with Gasteiger partial charge in [0.1, 0.15) is 0 Å². The molecule has 0 spiro atoms. The van der Waals surface area contributed by atoms with E-state index in [0.29, 0.717) is 23.7 Å². The molecule has 23 heavy (non-hydrogen) atoms. The summed E-state index contributed by atoms with van der Waals surface area (Å²) >= 11 is 1.95. The van der Waals surface area contributed by atoms with Gasteiger partial charge < -0.3 is 0 Å². The van der Waals surface area contributed by atoms with Crippen LogP contribution in [0.4, 0.5) is 0 Å². The van der Waals surface area contributed by atoms with Crippen molar-refractivity contribution in [3.05, 3.63) is 51.5 Å². The van der Waals surface area contributed by atoms with Crippen molar-refractivity contribution in [1.29, 1.82) is 0 Å². The molecular formula is C21H33NS. The molecule has 2 rings (SSSR count). The average molecular weight is 332 g/mol. The maximum Gasteiger partial charge on any atom is 0.0429 e. The lowest BCUT2D eigenvalue weighted by molar-refractivity contribution is 0.802. The third kappa shape index (κ3) is 6.47. The van der Waals surface area contributed by atoms with Crippen LogP contribution in [0, 0.1) is 0 Å². The number of nitrogens with zero attached hydrogens (tertiary/aromatic N) is 1. The van der Waals surface area contributed by atoms with Gasteiger partial charge in [-0.15, -0.1) is 11.3 Å². The highest BCUT2D eigenvalue weighted by molar-refractivity contribution is 7.12. The summed E-state index contributed by atoms with van der Waals surface area (Å²) in [6, 6.07) is 8.81. The Balaban J connectivity index is 0.000000231. The minimum atomic E-state index is 0.534. The van der Waals surface area contributed by atoms with Crippen molar-refractivity contribution < 1.29 is 0 Å². The van der Waals surface area contributed by atoms with Gasteiger partial charge >= 0.3 is 0 Å². The fourth-order valence-corrected chi connectivity index (χ4v) is 3.10. The van der Waals surface area contributed by atoms with Gasteiger partial charge in [0, 0.05) is 21.6 Å². The van der Waals surface area contributed by atoms with Crippen LogP contribution in [0.15, 0.2) is 30.5 Å². The molecule has 0 aromatic carbocycles. The number of hydrogen-bond acceptors (Lipinski definition) is 2. The number of thiophene rings is 1. The lowest BCUT2D eigenvalue weighted by atomic mass is 10.0. The topological polar surface area (TPSA) is 12.9 Å². The summed E-state index contributed by atoms with van der Waals surface area (Å²) in [4.78, 5) is 7.42. The van der Waals surface area contributed by atoms with E-state index in [1.165, 1.54) is 21.0 Å². The summed E-state index contributed by atoms with van der Waals surface area (Å²) in [7, 11) is 0. The summed E-state index contributed by atoms with van der Waals surface area (Å²) in [5, 5.41) is 0. The minimum absolute atomic E-state index is 0.534. The van der Waals surface area contributed by atoms with E-state index in [9.17, 15) is 0 Å². The smallest absolute Gasteiger partial charge is 0.0429 e. The SMILES string of the molecule is CC(C)c1ccc(C(C)C)nc1.CC(C)c1ccc(C(C)C)s1. The standard InChI is InChI=1S/C11H17N.C10H16S/c1-8(2)10-5-6-11(9(3)4)12-7-10;1-7(2)9-5-6-10(11-9)8(3)4/h5-9H,1-4H3;5-8H,1-4H3. The lowest BCUT2D eigenvalue weighted by Gasteiger charge is -2.07. The second-order valence-corrected chi connectivity index (χ2v) is 8.52. The second-order valence-electron chi connectivity index (χ2n) is 7.38. The molecule has 0 radical (unpaired) electrons. The zero-order valence-electron chi connectivity index (χ0n) is 16.1. The van der Waals surface area contributed by atoms with E-state index < -0.39 is 0 Å². The number of aromatic nitrogens is 1. The van der Waals surface area contributed by atoms with Crippen molar-refractivity contribution in [3.8, 4) is 0 Å². The molecule has 2 heteroatoms. The molecule has 0 bridgehead atoms. The van der Waals surface area contributed by atoms with Crippen LogP contribution >= 0.6 is 11.3 Å². The molecule has 2 heterocycles. The van der Waals surface area contributed by atoms with Gasteiger partial charge in [-0.2, -0.15) is 0 Å². The molecule has 1 nitrogen and oxygen atoms in total. The molecule has 0 aliphatic rings. The van der Waals surface area contributed by atoms with Crippen LogP contribution in [0.5, 0.6) is 0 Å². The zero-order valence-corrected chi connectivity index (χ0v) is 16.9. The van der Waals surface area contributed by atoms with Crippen LogP contribution in [-0.4, -0.2) is 4.98 Å². The number of rotatable bonds is 4. The first kappa shape index (κ1) is 19.9. The van der Waals surface area contributed by atoms with E-state index in [2.05, 4.69) is 84.6 Å². The van der Waals surface area contributed by atoms with Crippen LogP contribution in [0.3, 0.4) is 0 Å². The summed E-state index contributed by atoms with van der Waals surface area (Å²) in [6.07, 6.45) is 1.99. The maximum atomic E-state index is 4.40. The third-order valence-electron chi connectivity index (χ3n) is 3.85. The van der Waals surface area contributed by atoms with Gasteiger partial charge in [-0.25, -0.2) is 0 Å². The summed E-state index contributed by atoms with van der Waals surface area (Å²) < 4.78 is 0. The first-order chi connectivity index (χ1) is 10.7. The first-order valence-electron chi connectivity index (χ1n) is 8.77. The quantitative estimate of drug-likeness (QED) is 0.571. The molecule has 0 N–H and O–H groups in total. The Bertz CT molecular complexity index is 512. The van der Waals surface area contributed by atoms with Gasteiger partial charge in [0.15, 0.2) is 0 Å². The van der Waals surface area contributed by atoms with Crippen molar-refractivity contribution in [2.75, 3.05) is 0 Å². The molecule has 0 aliphatic heterocycles. The Morgan fingerprint density at radius 2 is 1.17 bits per heavy atom. The third-order valence-corrected chi connectivity index (χ3v) is 5.54. The zero-order chi connectivity index (χ0) is 17.6. The van der Waals surface area contributed by atoms with Crippen molar-refractivity contribution >= 4 is 11.3 Å². The normalized spacial score (nSPS) is 11.3. The van der Waals surface area contributed by atoms with Gasteiger partial charge in [-0.05, 0) is 47.4 Å². The van der Waals surface area contributed by atoms with E-state index in [1.807, 2.05) is 17.5 Å². The van der Waals surface area contributed by atoms with E-state index >= 15 is 0 Å². The second kappa shape index (κ2) is 9.22.